The molecule has 6 nitrogen and oxygen atoms in total. The molecule has 1 aromatic heterocycles. The van der Waals surface area contributed by atoms with Crippen molar-refractivity contribution in [1.82, 2.24) is 0 Å². The zero-order chi connectivity index (χ0) is 22.0. The van der Waals surface area contributed by atoms with Crippen LogP contribution in [0.1, 0.15) is 9.67 Å². The Bertz CT molecular complexity index is 1350. The lowest BCUT2D eigenvalue weighted by atomic mass is 10.2. The van der Waals surface area contributed by atoms with E-state index < -0.39 is 10.0 Å². The number of rotatable bonds is 6. The number of benzene rings is 3. The van der Waals surface area contributed by atoms with Gasteiger partial charge in [0.25, 0.3) is 15.9 Å². The standard InChI is InChI=1S/C22H17ClN2O4S2/c1-29-18-11-10-15(24-22(26)20-12-14-6-2-5-9-19(14)30-20)13-21(18)31(27,28)25-17-8-4-3-7-16(17)23/h2-13,25H,1H3,(H,24,26). The minimum atomic E-state index is -4.03. The van der Waals surface area contributed by atoms with Crippen molar-refractivity contribution in [2.75, 3.05) is 17.1 Å². The van der Waals surface area contributed by atoms with Crippen molar-refractivity contribution < 1.29 is 17.9 Å². The van der Waals surface area contributed by atoms with E-state index in [0.29, 0.717) is 10.6 Å². The molecule has 0 fully saturated rings. The Morgan fingerprint density at radius 3 is 2.48 bits per heavy atom. The molecule has 158 valence electrons. The third-order valence-corrected chi connectivity index (χ3v) is 7.31. The smallest absolute Gasteiger partial charge is 0.265 e. The van der Waals surface area contributed by atoms with Gasteiger partial charge in [-0.15, -0.1) is 11.3 Å². The predicted molar refractivity (Wildman–Crippen MR) is 125 cm³/mol. The summed E-state index contributed by atoms with van der Waals surface area (Å²) in [7, 11) is -2.66. The van der Waals surface area contributed by atoms with Gasteiger partial charge in [-0.25, -0.2) is 8.42 Å². The monoisotopic (exact) mass is 472 g/mol. The Hall–Kier alpha value is -3.07. The number of fused-ring (bicyclic) bond motifs is 1. The quantitative estimate of drug-likeness (QED) is 0.381. The second kappa shape index (κ2) is 8.58. The molecule has 31 heavy (non-hydrogen) atoms. The van der Waals surface area contributed by atoms with E-state index in [9.17, 15) is 13.2 Å². The molecule has 0 unspecified atom stereocenters. The number of thiophene rings is 1. The van der Waals surface area contributed by atoms with E-state index in [2.05, 4.69) is 10.0 Å². The SMILES string of the molecule is COc1ccc(NC(=O)c2cc3ccccc3s2)cc1S(=O)(=O)Nc1ccccc1Cl. The predicted octanol–water partition coefficient (Wildman–Crippen LogP) is 5.62. The number of para-hydroxylation sites is 1. The second-order valence-corrected chi connectivity index (χ2v) is 9.70. The minimum Gasteiger partial charge on any atom is -0.495 e. The number of nitrogens with one attached hydrogen (secondary N) is 2. The molecule has 4 rings (SSSR count). The number of hydrogen-bond donors (Lipinski definition) is 2. The van der Waals surface area contributed by atoms with E-state index in [4.69, 9.17) is 16.3 Å². The van der Waals surface area contributed by atoms with Crippen LogP contribution < -0.4 is 14.8 Å². The van der Waals surface area contributed by atoms with Gasteiger partial charge in [0.1, 0.15) is 10.6 Å². The van der Waals surface area contributed by atoms with Crippen molar-refractivity contribution in [2.24, 2.45) is 0 Å². The highest BCUT2D eigenvalue weighted by Gasteiger charge is 2.22. The Balaban J connectivity index is 1.64. The van der Waals surface area contributed by atoms with Gasteiger partial charge in [-0.05, 0) is 47.9 Å². The van der Waals surface area contributed by atoms with Gasteiger partial charge in [-0.3, -0.25) is 9.52 Å². The molecular formula is C22H17ClN2O4S2. The molecule has 0 spiro atoms. The van der Waals surface area contributed by atoms with Crippen LogP contribution in [0.15, 0.2) is 77.7 Å². The van der Waals surface area contributed by atoms with Crippen LogP contribution >= 0.6 is 22.9 Å². The van der Waals surface area contributed by atoms with E-state index in [1.54, 1.807) is 36.4 Å². The van der Waals surface area contributed by atoms with Crippen molar-refractivity contribution in [3.8, 4) is 5.75 Å². The van der Waals surface area contributed by atoms with E-state index >= 15 is 0 Å². The van der Waals surface area contributed by atoms with Gasteiger partial charge in [-0.1, -0.05) is 41.9 Å². The summed E-state index contributed by atoms with van der Waals surface area (Å²) in [6.07, 6.45) is 0. The maximum absolute atomic E-state index is 13.0. The van der Waals surface area contributed by atoms with Crippen molar-refractivity contribution >= 4 is 60.3 Å². The molecule has 0 atom stereocenters. The number of methoxy groups -OCH3 is 1. The molecule has 0 saturated carbocycles. The van der Waals surface area contributed by atoms with E-state index in [1.165, 1.54) is 30.6 Å². The van der Waals surface area contributed by atoms with Crippen LogP contribution in [0.2, 0.25) is 5.02 Å². The highest BCUT2D eigenvalue weighted by Crippen LogP contribution is 2.31. The number of carbonyl (C=O) groups is 1. The van der Waals surface area contributed by atoms with Crippen LogP contribution in [0.25, 0.3) is 10.1 Å². The summed E-state index contributed by atoms with van der Waals surface area (Å²) in [6.45, 7) is 0. The van der Waals surface area contributed by atoms with Gasteiger partial charge < -0.3 is 10.1 Å². The fourth-order valence-corrected chi connectivity index (χ4v) is 5.47. The van der Waals surface area contributed by atoms with Crippen molar-refractivity contribution in [1.29, 1.82) is 0 Å². The number of anilines is 2. The lowest BCUT2D eigenvalue weighted by Gasteiger charge is -2.14. The molecule has 0 bridgehead atoms. The van der Waals surface area contributed by atoms with Crippen LogP contribution in [0.3, 0.4) is 0 Å². The molecule has 2 N–H and O–H groups in total. The van der Waals surface area contributed by atoms with Gasteiger partial charge >= 0.3 is 0 Å². The largest absolute Gasteiger partial charge is 0.495 e. The molecule has 0 aliphatic rings. The number of carbonyl (C=O) groups excluding carboxylic acids is 1. The van der Waals surface area contributed by atoms with Crippen molar-refractivity contribution in [2.45, 2.75) is 4.90 Å². The van der Waals surface area contributed by atoms with E-state index in [1.807, 2.05) is 24.3 Å². The summed E-state index contributed by atoms with van der Waals surface area (Å²) in [4.78, 5) is 13.1. The van der Waals surface area contributed by atoms with Gasteiger partial charge in [0.2, 0.25) is 0 Å². The molecule has 1 heterocycles. The van der Waals surface area contributed by atoms with Gasteiger partial charge in [0.05, 0.1) is 22.7 Å². The van der Waals surface area contributed by atoms with Gasteiger partial charge in [-0.2, -0.15) is 0 Å². The molecular weight excluding hydrogens is 456 g/mol. The summed E-state index contributed by atoms with van der Waals surface area (Å²) in [5.41, 5.74) is 0.564. The topological polar surface area (TPSA) is 84.5 Å². The molecule has 9 heteroatoms. The van der Waals surface area contributed by atoms with E-state index in [-0.39, 0.29) is 27.3 Å². The number of halogens is 1. The average molecular weight is 473 g/mol. The Morgan fingerprint density at radius 1 is 1.00 bits per heavy atom. The minimum absolute atomic E-state index is 0.121. The summed E-state index contributed by atoms with van der Waals surface area (Å²) in [6, 6.07) is 20.4. The molecule has 0 radical (unpaired) electrons. The third-order valence-electron chi connectivity index (χ3n) is 4.48. The zero-order valence-corrected chi connectivity index (χ0v) is 18.6. The van der Waals surface area contributed by atoms with Gasteiger partial charge in [0, 0.05) is 10.4 Å². The highest BCUT2D eigenvalue weighted by atomic mass is 35.5. The van der Waals surface area contributed by atoms with Crippen molar-refractivity contribution in [3.63, 3.8) is 0 Å². The zero-order valence-electron chi connectivity index (χ0n) is 16.3. The first kappa shape index (κ1) is 21.2. The van der Waals surface area contributed by atoms with Crippen LogP contribution in [0.5, 0.6) is 5.75 Å². The van der Waals surface area contributed by atoms with Crippen molar-refractivity contribution in [3.05, 3.63) is 82.7 Å². The van der Waals surface area contributed by atoms with Gasteiger partial charge in [0.15, 0.2) is 0 Å². The normalized spacial score (nSPS) is 11.3. The first-order valence-electron chi connectivity index (χ1n) is 9.13. The summed E-state index contributed by atoms with van der Waals surface area (Å²) >= 11 is 7.44. The lowest BCUT2D eigenvalue weighted by molar-refractivity contribution is 0.103. The second-order valence-electron chi connectivity index (χ2n) is 6.55. The number of amides is 1. The summed E-state index contributed by atoms with van der Waals surface area (Å²) < 4.78 is 34.7. The average Bonchev–Trinajstić information content (AvgIpc) is 3.20. The fraction of sp³-hybridized carbons (Fsp3) is 0.0455. The van der Waals surface area contributed by atoms with Crippen LogP contribution in [-0.4, -0.2) is 21.4 Å². The maximum Gasteiger partial charge on any atom is 0.265 e. The first-order chi connectivity index (χ1) is 14.9. The fourth-order valence-electron chi connectivity index (χ4n) is 2.99. The molecule has 3 aromatic carbocycles. The third kappa shape index (κ3) is 4.51. The Kier molecular flexibility index (Phi) is 5.86. The first-order valence-corrected chi connectivity index (χ1v) is 11.8. The molecule has 4 aromatic rings. The number of sulfonamides is 1. The van der Waals surface area contributed by atoms with E-state index in [0.717, 1.165) is 10.1 Å². The summed E-state index contributed by atoms with van der Waals surface area (Å²) in [5, 5.41) is 3.99. The maximum atomic E-state index is 13.0. The number of ether oxygens (including phenoxy) is 1. The molecule has 0 saturated heterocycles. The van der Waals surface area contributed by atoms with Crippen LogP contribution in [-0.2, 0) is 10.0 Å². The van der Waals surface area contributed by atoms with Crippen LogP contribution in [0, 0.1) is 0 Å². The molecule has 0 aliphatic heterocycles. The Morgan fingerprint density at radius 2 is 1.74 bits per heavy atom. The highest BCUT2D eigenvalue weighted by molar-refractivity contribution is 7.92. The molecule has 0 aliphatic carbocycles. The molecule has 1 amide bonds. The summed E-state index contributed by atoms with van der Waals surface area (Å²) in [5.74, 6) is -0.187. The lowest BCUT2D eigenvalue weighted by Crippen LogP contribution is -2.16. The Labute approximate surface area is 188 Å². The number of hydrogen-bond acceptors (Lipinski definition) is 5. The van der Waals surface area contributed by atoms with Crippen LogP contribution in [0.4, 0.5) is 11.4 Å².